The Balaban J connectivity index is 2.26. The Morgan fingerprint density at radius 1 is 1.58 bits per heavy atom. The first-order valence-electron chi connectivity index (χ1n) is 4.20. The maximum absolute atomic E-state index is 6.07. The highest BCUT2D eigenvalue weighted by atomic mass is 35.5. The van der Waals surface area contributed by atoms with Crippen molar-refractivity contribution in [1.82, 2.24) is 15.5 Å². The topological polar surface area (TPSA) is 40.7 Å². The van der Waals surface area contributed by atoms with Crippen LogP contribution in [0.15, 0.2) is 0 Å². The lowest BCUT2D eigenvalue weighted by molar-refractivity contribution is 0.729. The van der Waals surface area contributed by atoms with Gasteiger partial charge in [0.1, 0.15) is 0 Å². The smallest absolute Gasteiger partial charge is 0.0855 e. The van der Waals surface area contributed by atoms with Crippen molar-refractivity contribution in [2.24, 2.45) is 0 Å². The summed E-state index contributed by atoms with van der Waals surface area (Å²) >= 11 is 6.07. The Hall–Kier alpha value is -0.540. The first kappa shape index (κ1) is 8.08. The van der Waals surface area contributed by atoms with Crippen molar-refractivity contribution in [3.8, 4) is 0 Å². The highest BCUT2D eigenvalue weighted by Gasteiger charge is 2.22. The summed E-state index contributed by atoms with van der Waals surface area (Å²) in [5.41, 5.74) is 2.00. The van der Waals surface area contributed by atoms with Gasteiger partial charge in [-0.25, -0.2) is 0 Å². The molecule has 1 aromatic heterocycles. The number of nitrogens with one attached hydrogen (secondary N) is 2. The van der Waals surface area contributed by atoms with E-state index < -0.39 is 0 Å². The van der Waals surface area contributed by atoms with Gasteiger partial charge in [0, 0.05) is 12.5 Å². The van der Waals surface area contributed by atoms with E-state index in [0.717, 1.165) is 35.9 Å². The zero-order chi connectivity index (χ0) is 8.55. The third-order valence-corrected chi connectivity index (χ3v) is 2.82. The van der Waals surface area contributed by atoms with Crippen molar-refractivity contribution in [2.45, 2.75) is 19.3 Å². The first-order chi connectivity index (χ1) is 5.79. The van der Waals surface area contributed by atoms with E-state index in [4.69, 9.17) is 11.6 Å². The van der Waals surface area contributed by atoms with E-state index in [1.54, 1.807) is 0 Å². The molecule has 66 valence electrons. The molecule has 1 unspecified atom stereocenters. The molecule has 0 radical (unpaired) electrons. The van der Waals surface area contributed by atoms with E-state index in [9.17, 15) is 0 Å². The molecule has 3 nitrogen and oxygen atoms in total. The Morgan fingerprint density at radius 2 is 2.42 bits per heavy atom. The van der Waals surface area contributed by atoms with Gasteiger partial charge in [-0.3, -0.25) is 5.10 Å². The number of aromatic nitrogens is 2. The molecule has 2 N–H and O–H groups in total. The Labute approximate surface area is 76.5 Å². The zero-order valence-corrected chi connectivity index (χ0v) is 7.78. The lowest BCUT2D eigenvalue weighted by Gasteiger charge is -2.03. The molecule has 1 aliphatic rings. The van der Waals surface area contributed by atoms with Crippen molar-refractivity contribution in [3.63, 3.8) is 0 Å². The fourth-order valence-electron chi connectivity index (χ4n) is 1.59. The second-order valence-electron chi connectivity index (χ2n) is 3.24. The summed E-state index contributed by atoms with van der Waals surface area (Å²) in [4.78, 5) is 0. The molecule has 1 saturated heterocycles. The van der Waals surface area contributed by atoms with E-state index in [-0.39, 0.29) is 0 Å². The molecular formula is C8H12ClN3. The maximum atomic E-state index is 6.07. The minimum absolute atomic E-state index is 0.502. The van der Waals surface area contributed by atoms with Crippen LogP contribution >= 0.6 is 11.6 Å². The van der Waals surface area contributed by atoms with Crippen LogP contribution in [0, 0.1) is 6.92 Å². The van der Waals surface area contributed by atoms with E-state index >= 15 is 0 Å². The third kappa shape index (κ3) is 1.23. The number of nitrogens with zero attached hydrogens (tertiary/aromatic N) is 1. The summed E-state index contributed by atoms with van der Waals surface area (Å²) in [5.74, 6) is 0.502. The van der Waals surface area contributed by atoms with E-state index in [1.165, 1.54) is 0 Å². The number of aryl methyl sites for hydroxylation is 1. The van der Waals surface area contributed by atoms with Gasteiger partial charge < -0.3 is 5.32 Å². The van der Waals surface area contributed by atoms with Gasteiger partial charge in [-0.1, -0.05) is 11.6 Å². The van der Waals surface area contributed by atoms with E-state index in [0.29, 0.717) is 5.92 Å². The lowest BCUT2D eigenvalue weighted by Crippen LogP contribution is -2.08. The molecule has 12 heavy (non-hydrogen) atoms. The molecule has 1 aromatic rings. The van der Waals surface area contributed by atoms with Gasteiger partial charge in [-0.05, 0) is 19.9 Å². The third-order valence-electron chi connectivity index (χ3n) is 2.35. The van der Waals surface area contributed by atoms with Crippen LogP contribution in [0.1, 0.15) is 23.7 Å². The van der Waals surface area contributed by atoms with Crippen molar-refractivity contribution < 1.29 is 0 Å². The molecule has 1 fully saturated rings. The molecule has 2 heterocycles. The van der Waals surface area contributed by atoms with Crippen molar-refractivity contribution >= 4 is 11.6 Å². The second-order valence-corrected chi connectivity index (χ2v) is 3.62. The molecule has 2 rings (SSSR count). The van der Waals surface area contributed by atoms with Gasteiger partial charge >= 0.3 is 0 Å². The van der Waals surface area contributed by atoms with Crippen LogP contribution in [-0.4, -0.2) is 23.3 Å². The highest BCUT2D eigenvalue weighted by Crippen LogP contribution is 2.28. The molecule has 0 aromatic carbocycles. The van der Waals surface area contributed by atoms with Crippen LogP contribution < -0.4 is 5.32 Å². The molecule has 0 aliphatic carbocycles. The molecule has 1 atom stereocenters. The Morgan fingerprint density at radius 3 is 2.92 bits per heavy atom. The zero-order valence-electron chi connectivity index (χ0n) is 7.02. The van der Waals surface area contributed by atoms with Crippen LogP contribution in [0.3, 0.4) is 0 Å². The predicted octanol–water partition coefficient (Wildman–Crippen LogP) is 1.45. The minimum Gasteiger partial charge on any atom is -0.316 e. The number of hydrogen-bond donors (Lipinski definition) is 2. The predicted molar refractivity (Wildman–Crippen MR) is 48.6 cm³/mol. The summed E-state index contributed by atoms with van der Waals surface area (Å²) < 4.78 is 0. The number of aromatic amines is 1. The fourth-order valence-corrected chi connectivity index (χ4v) is 1.83. The summed E-state index contributed by atoms with van der Waals surface area (Å²) in [5, 5.41) is 11.2. The summed E-state index contributed by atoms with van der Waals surface area (Å²) in [6.45, 7) is 4.03. The van der Waals surface area contributed by atoms with Crippen LogP contribution in [0.4, 0.5) is 0 Å². The number of hydrogen-bond acceptors (Lipinski definition) is 2. The van der Waals surface area contributed by atoms with Gasteiger partial charge in [0.25, 0.3) is 0 Å². The lowest BCUT2D eigenvalue weighted by atomic mass is 10.1. The van der Waals surface area contributed by atoms with Gasteiger partial charge in [-0.2, -0.15) is 5.10 Å². The van der Waals surface area contributed by atoms with E-state index in [1.807, 2.05) is 6.92 Å². The molecule has 0 saturated carbocycles. The number of rotatable bonds is 1. The fraction of sp³-hybridized carbons (Fsp3) is 0.625. The summed E-state index contributed by atoms with van der Waals surface area (Å²) in [6.07, 6.45) is 1.14. The molecule has 4 heteroatoms. The quantitative estimate of drug-likeness (QED) is 0.696. The highest BCUT2D eigenvalue weighted by molar-refractivity contribution is 6.31. The van der Waals surface area contributed by atoms with Crippen LogP contribution in [0.25, 0.3) is 0 Å². The second kappa shape index (κ2) is 3.07. The van der Waals surface area contributed by atoms with Crippen molar-refractivity contribution in [3.05, 3.63) is 16.4 Å². The van der Waals surface area contributed by atoms with Gasteiger partial charge in [-0.15, -0.1) is 0 Å². The molecular weight excluding hydrogens is 174 g/mol. The average molecular weight is 186 g/mol. The molecule has 0 bridgehead atoms. The number of halogens is 1. The molecule has 1 aliphatic heterocycles. The monoisotopic (exact) mass is 185 g/mol. The Kier molecular flexibility index (Phi) is 2.07. The van der Waals surface area contributed by atoms with Gasteiger partial charge in [0.15, 0.2) is 0 Å². The van der Waals surface area contributed by atoms with Gasteiger partial charge in [0.05, 0.1) is 16.4 Å². The summed E-state index contributed by atoms with van der Waals surface area (Å²) in [6, 6.07) is 0. The van der Waals surface area contributed by atoms with Crippen molar-refractivity contribution in [1.29, 1.82) is 0 Å². The van der Waals surface area contributed by atoms with Crippen LogP contribution in [-0.2, 0) is 0 Å². The largest absolute Gasteiger partial charge is 0.316 e. The van der Waals surface area contributed by atoms with Crippen LogP contribution in [0.2, 0.25) is 5.02 Å². The van der Waals surface area contributed by atoms with E-state index in [2.05, 4.69) is 15.5 Å². The minimum atomic E-state index is 0.502. The molecule has 0 amide bonds. The Bertz CT molecular complexity index is 276. The SMILES string of the molecule is Cc1[nH]nc(C2CCNC2)c1Cl. The standard InChI is InChI=1S/C8H12ClN3/c1-5-7(9)8(12-11-5)6-2-3-10-4-6/h6,10H,2-4H2,1H3,(H,11,12). The summed E-state index contributed by atoms with van der Waals surface area (Å²) in [7, 11) is 0. The van der Waals surface area contributed by atoms with Crippen molar-refractivity contribution in [2.75, 3.05) is 13.1 Å². The normalized spacial score (nSPS) is 23.3. The van der Waals surface area contributed by atoms with Gasteiger partial charge in [0.2, 0.25) is 0 Å². The molecule has 0 spiro atoms. The first-order valence-corrected chi connectivity index (χ1v) is 4.58. The van der Waals surface area contributed by atoms with Crippen LogP contribution in [0.5, 0.6) is 0 Å². The average Bonchev–Trinajstić information content (AvgIpc) is 2.64. The maximum Gasteiger partial charge on any atom is 0.0855 e. The number of H-pyrrole nitrogens is 1.